The normalized spacial score (nSPS) is 8.79. The number of guanidine groups is 1. The fourth-order valence-electron chi connectivity index (χ4n) is 1.62. The number of nitrogens with zero attached hydrogens (tertiary/aromatic N) is 1. The van der Waals surface area contributed by atoms with E-state index >= 15 is 0 Å². The van der Waals surface area contributed by atoms with E-state index in [0.29, 0.717) is 25.9 Å². The third kappa shape index (κ3) is 25.1. The van der Waals surface area contributed by atoms with Gasteiger partial charge in [-0.15, -0.1) is 0 Å². The van der Waals surface area contributed by atoms with Crippen LogP contribution in [0.5, 0.6) is 0 Å². The van der Waals surface area contributed by atoms with E-state index in [1.807, 2.05) is 25.1 Å². The second-order valence-corrected chi connectivity index (χ2v) is 5.66. The quantitative estimate of drug-likeness (QED) is 0.170. The molecule has 0 aromatic heterocycles. The lowest BCUT2D eigenvalue weighted by molar-refractivity contribution is -0.137. The first-order valence-electron chi connectivity index (χ1n) is 9.06. The third-order valence-electron chi connectivity index (χ3n) is 2.95. The van der Waals surface area contributed by atoms with E-state index in [1.165, 1.54) is 5.56 Å². The standard InChI is InChI=1S/C8H17N5O2.C7H8.C4H8O2/c9-8(10)13-4-2-1-3-12-7(15)5-11-6-14;1-7-5-3-2-4-6-7;1-2-3-4(5)6/h6H,1-5H2,(H,11,14)(H,12,15)(H4,9,10,13);2-6H,1H3;2-3H2,1H3,(H,5,6). The molecule has 0 fully saturated rings. The van der Waals surface area contributed by atoms with E-state index in [-0.39, 0.29) is 18.4 Å². The largest absolute Gasteiger partial charge is 0.481 e. The van der Waals surface area contributed by atoms with Crippen molar-refractivity contribution in [3.05, 3.63) is 35.9 Å². The van der Waals surface area contributed by atoms with E-state index in [9.17, 15) is 14.4 Å². The van der Waals surface area contributed by atoms with Gasteiger partial charge >= 0.3 is 5.97 Å². The molecule has 0 saturated heterocycles. The van der Waals surface area contributed by atoms with Crippen LogP contribution in [0.15, 0.2) is 35.3 Å². The molecule has 0 heterocycles. The average Bonchev–Trinajstić information content (AvgIpc) is 2.64. The van der Waals surface area contributed by atoms with Crippen LogP contribution in [0.4, 0.5) is 0 Å². The molecular weight excluding hydrogens is 362 g/mol. The fraction of sp³-hybridized carbons (Fsp3) is 0.474. The van der Waals surface area contributed by atoms with E-state index in [2.05, 4.69) is 34.7 Å². The van der Waals surface area contributed by atoms with E-state index in [1.54, 1.807) is 0 Å². The van der Waals surface area contributed by atoms with Gasteiger partial charge in [-0.25, -0.2) is 0 Å². The summed E-state index contributed by atoms with van der Waals surface area (Å²) >= 11 is 0. The van der Waals surface area contributed by atoms with Crippen molar-refractivity contribution in [3.63, 3.8) is 0 Å². The van der Waals surface area contributed by atoms with Gasteiger partial charge in [0.25, 0.3) is 0 Å². The topological polar surface area (TPSA) is 160 Å². The summed E-state index contributed by atoms with van der Waals surface area (Å²) in [5, 5.41) is 12.8. The van der Waals surface area contributed by atoms with Gasteiger partial charge in [0.05, 0.1) is 6.54 Å². The highest BCUT2D eigenvalue weighted by atomic mass is 16.4. The number of aliphatic imine (C=N–C) groups is 1. The first kappa shape index (κ1) is 27.1. The Hall–Kier alpha value is -3.10. The summed E-state index contributed by atoms with van der Waals surface area (Å²) in [5.74, 6) is -0.837. The summed E-state index contributed by atoms with van der Waals surface area (Å²) in [7, 11) is 0. The highest BCUT2D eigenvalue weighted by molar-refractivity contribution is 5.79. The first-order chi connectivity index (χ1) is 13.3. The molecular formula is C19H33N5O4. The Morgan fingerprint density at radius 2 is 1.82 bits per heavy atom. The Morgan fingerprint density at radius 1 is 1.18 bits per heavy atom. The lowest BCUT2D eigenvalue weighted by atomic mass is 10.2. The molecule has 0 aliphatic rings. The molecule has 1 rings (SSSR count). The smallest absolute Gasteiger partial charge is 0.303 e. The zero-order valence-corrected chi connectivity index (χ0v) is 16.7. The van der Waals surface area contributed by atoms with Gasteiger partial charge in [-0.3, -0.25) is 19.4 Å². The second kappa shape index (κ2) is 20.2. The van der Waals surface area contributed by atoms with Crippen molar-refractivity contribution >= 4 is 24.2 Å². The Morgan fingerprint density at radius 3 is 2.21 bits per heavy atom. The van der Waals surface area contributed by atoms with Crippen molar-refractivity contribution in [2.45, 2.75) is 39.5 Å². The zero-order chi connectivity index (χ0) is 21.6. The lowest BCUT2D eigenvalue weighted by Crippen LogP contribution is -2.33. The molecule has 9 heteroatoms. The van der Waals surface area contributed by atoms with Crippen LogP contribution in [-0.2, 0) is 14.4 Å². The van der Waals surface area contributed by atoms with Gasteiger partial charge in [0.1, 0.15) is 0 Å². The third-order valence-corrected chi connectivity index (χ3v) is 2.95. The maximum Gasteiger partial charge on any atom is 0.303 e. The number of carboxylic acid groups (broad SMARTS) is 1. The summed E-state index contributed by atoms with van der Waals surface area (Å²) in [6, 6.07) is 10.3. The van der Waals surface area contributed by atoms with Crippen LogP contribution in [-0.4, -0.2) is 49.0 Å². The molecule has 0 radical (unpaired) electrons. The van der Waals surface area contributed by atoms with Gasteiger partial charge < -0.3 is 27.2 Å². The summed E-state index contributed by atoms with van der Waals surface area (Å²) < 4.78 is 0. The molecule has 0 aliphatic heterocycles. The summed E-state index contributed by atoms with van der Waals surface area (Å²) in [5.41, 5.74) is 11.6. The maximum atomic E-state index is 10.9. The van der Waals surface area contributed by atoms with Crippen LogP contribution in [0.1, 0.15) is 38.2 Å². The number of carboxylic acids is 1. The molecule has 7 N–H and O–H groups in total. The number of hydrogen-bond donors (Lipinski definition) is 5. The number of benzene rings is 1. The number of nitrogens with two attached hydrogens (primary N) is 2. The minimum atomic E-state index is -0.711. The Kier molecular flexibility index (Phi) is 19.6. The molecule has 0 saturated carbocycles. The SMILES string of the molecule is CCCC(=O)O.Cc1ccccc1.NC(N)=NCCCCNC(=O)CNC=O. The minimum absolute atomic E-state index is 0.0113. The zero-order valence-electron chi connectivity index (χ0n) is 16.7. The van der Waals surface area contributed by atoms with Crippen LogP contribution in [0.25, 0.3) is 0 Å². The Balaban J connectivity index is 0. The van der Waals surface area contributed by atoms with Gasteiger partial charge in [-0.2, -0.15) is 0 Å². The Labute approximate surface area is 166 Å². The number of aliphatic carboxylic acids is 1. The van der Waals surface area contributed by atoms with Gasteiger partial charge in [0.2, 0.25) is 12.3 Å². The van der Waals surface area contributed by atoms with E-state index in [4.69, 9.17) is 16.6 Å². The fourth-order valence-corrected chi connectivity index (χ4v) is 1.62. The highest BCUT2D eigenvalue weighted by Gasteiger charge is 1.97. The van der Waals surface area contributed by atoms with Crippen LogP contribution >= 0.6 is 0 Å². The number of carbonyl (C=O) groups excluding carboxylic acids is 2. The van der Waals surface area contributed by atoms with Gasteiger partial charge in [0, 0.05) is 19.5 Å². The number of amides is 2. The van der Waals surface area contributed by atoms with Crippen LogP contribution in [0, 0.1) is 6.92 Å². The number of unbranched alkanes of at least 4 members (excludes halogenated alkanes) is 1. The predicted octanol–water partition coefficient (Wildman–Crippen LogP) is 0.768. The predicted molar refractivity (Wildman–Crippen MR) is 111 cm³/mol. The molecule has 0 unspecified atom stereocenters. The van der Waals surface area contributed by atoms with Crippen molar-refractivity contribution in [2.24, 2.45) is 16.5 Å². The lowest BCUT2D eigenvalue weighted by Gasteiger charge is -2.03. The second-order valence-electron chi connectivity index (χ2n) is 5.66. The number of carbonyl (C=O) groups is 3. The molecule has 0 spiro atoms. The van der Waals surface area contributed by atoms with Crippen molar-refractivity contribution in [2.75, 3.05) is 19.6 Å². The van der Waals surface area contributed by atoms with Crippen molar-refractivity contribution < 1.29 is 19.5 Å². The number of hydrogen-bond acceptors (Lipinski definition) is 4. The Bertz CT molecular complexity index is 561. The van der Waals surface area contributed by atoms with Gasteiger partial charge in [-0.05, 0) is 26.2 Å². The van der Waals surface area contributed by atoms with Crippen LogP contribution in [0.3, 0.4) is 0 Å². The monoisotopic (exact) mass is 395 g/mol. The molecule has 1 aromatic rings. The number of rotatable bonds is 10. The number of aryl methyl sites for hydroxylation is 1. The molecule has 28 heavy (non-hydrogen) atoms. The van der Waals surface area contributed by atoms with Crippen molar-refractivity contribution in [1.82, 2.24) is 10.6 Å². The first-order valence-corrected chi connectivity index (χ1v) is 9.06. The van der Waals surface area contributed by atoms with Gasteiger partial charge in [0.15, 0.2) is 5.96 Å². The minimum Gasteiger partial charge on any atom is -0.481 e. The maximum absolute atomic E-state index is 10.9. The summed E-state index contributed by atoms with van der Waals surface area (Å²) in [4.78, 5) is 34.2. The molecule has 9 nitrogen and oxygen atoms in total. The summed E-state index contributed by atoms with van der Waals surface area (Å²) in [6.07, 6.45) is 3.11. The average molecular weight is 396 g/mol. The molecule has 0 aliphatic carbocycles. The molecule has 0 bridgehead atoms. The van der Waals surface area contributed by atoms with E-state index < -0.39 is 5.97 Å². The molecule has 0 atom stereocenters. The molecule has 1 aromatic carbocycles. The van der Waals surface area contributed by atoms with Crippen LogP contribution < -0.4 is 22.1 Å². The summed E-state index contributed by atoms with van der Waals surface area (Å²) in [6.45, 7) is 5.05. The van der Waals surface area contributed by atoms with Crippen molar-refractivity contribution in [3.8, 4) is 0 Å². The van der Waals surface area contributed by atoms with Crippen LogP contribution in [0.2, 0.25) is 0 Å². The molecule has 2 amide bonds. The number of nitrogens with one attached hydrogen (secondary N) is 2. The molecule has 158 valence electrons. The van der Waals surface area contributed by atoms with E-state index in [0.717, 1.165) is 19.3 Å². The van der Waals surface area contributed by atoms with Crippen molar-refractivity contribution in [1.29, 1.82) is 0 Å². The highest BCUT2D eigenvalue weighted by Crippen LogP contribution is 1.92. The van der Waals surface area contributed by atoms with Gasteiger partial charge in [-0.1, -0.05) is 42.8 Å².